The molecule has 2 heterocycles. The van der Waals surface area contributed by atoms with Gasteiger partial charge in [0.15, 0.2) is 0 Å². The number of amides is 1. The lowest BCUT2D eigenvalue weighted by Gasteiger charge is -2.24. The van der Waals surface area contributed by atoms with Crippen molar-refractivity contribution in [2.24, 2.45) is 0 Å². The van der Waals surface area contributed by atoms with E-state index in [4.69, 9.17) is 0 Å². The second-order valence-corrected chi connectivity index (χ2v) is 8.10. The normalized spacial score (nSPS) is 17.2. The fourth-order valence-electron chi connectivity index (χ4n) is 3.23. The van der Waals surface area contributed by atoms with Crippen LogP contribution in [0.25, 0.3) is 0 Å². The van der Waals surface area contributed by atoms with Gasteiger partial charge in [0.1, 0.15) is 6.54 Å². The Balaban J connectivity index is 1.48. The number of rotatable bonds is 7. The van der Waals surface area contributed by atoms with Crippen molar-refractivity contribution in [3.05, 3.63) is 47.8 Å². The zero-order valence-electron chi connectivity index (χ0n) is 15.6. The average Bonchev–Trinajstić information content (AvgIpc) is 3.12. The monoisotopic (exact) mass is 372 g/mol. The van der Waals surface area contributed by atoms with Crippen molar-refractivity contribution in [1.29, 1.82) is 0 Å². The minimum atomic E-state index is 0.114. The minimum absolute atomic E-state index is 0.114. The van der Waals surface area contributed by atoms with Gasteiger partial charge in [-0.3, -0.25) is 9.48 Å². The molecule has 0 saturated carbocycles. The van der Waals surface area contributed by atoms with Crippen LogP contribution < -0.4 is 5.32 Å². The number of benzene rings is 1. The van der Waals surface area contributed by atoms with Gasteiger partial charge < -0.3 is 10.2 Å². The number of thioether (sulfide) groups is 1. The summed E-state index contributed by atoms with van der Waals surface area (Å²) in [5, 5.41) is 7.82. The highest BCUT2D eigenvalue weighted by atomic mass is 32.2. The summed E-state index contributed by atoms with van der Waals surface area (Å²) in [5.74, 6) is 1.47. The molecule has 1 saturated heterocycles. The van der Waals surface area contributed by atoms with E-state index >= 15 is 0 Å². The third-order valence-corrected chi connectivity index (χ3v) is 5.88. The summed E-state index contributed by atoms with van der Waals surface area (Å²) in [6.07, 6.45) is 4.15. The lowest BCUT2D eigenvalue weighted by Crippen LogP contribution is -2.34. The molecule has 0 unspecified atom stereocenters. The van der Waals surface area contributed by atoms with E-state index in [0.29, 0.717) is 12.5 Å². The number of piperidine rings is 1. The summed E-state index contributed by atoms with van der Waals surface area (Å²) >= 11 is 1.78. The van der Waals surface area contributed by atoms with Gasteiger partial charge >= 0.3 is 0 Å². The Kier molecular flexibility index (Phi) is 6.74. The minimum Gasteiger partial charge on any atom is -0.343 e. The molecule has 3 rings (SSSR count). The summed E-state index contributed by atoms with van der Waals surface area (Å²) in [6, 6.07) is 10.6. The van der Waals surface area contributed by atoms with Crippen molar-refractivity contribution >= 4 is 17.7 Å². The van der Waals surface area contributed by atoms with Crippen LogP contribution in [0.3, 0.4) is 0 Å². The number of hydrogen-bond acceptors (Lipinski definition) is 4. The molecule has 1 aliphatic rings. The third-order valence-electron chi connectivity index (χ3n) is 4.89. The molecule has 0 spiro atoms. The van der Waals surface area contributed by atoms with Crippen molar-refractivity contribution in [1.82, 2.24) is 20.0 Å². The van der Waals surface area contributed by atoms with Crippen LogP contribution in [0.4, 0.5) is 0 Å². The lowest BCUT2D eigenvalue weighted by molar-refractivity contribution is -0.130. The molecule has 140 valence electrons. The maximum absolute atomic E-state index is 12.6. The molecule has 1 amide bonds. The van der Waals surface area contributed by atoms with Gasteiger partial charge in [0, 0.05) is 48.6 Å². The second kappa shape index (κ2) is 9.24. The number of aryl methyl sites for hydroxylation is 1. The number of nitrogens with one attached hydrogen (secondary N) is 1. The van der Waals surface area contributed by atoms with Crippen molar-refractivity contribution in [3.8, 4) is 0 Å². The van der Waals surface area contributed by atoms with Gasteiger partial charge in [-0.05, 0) is 44.5 Å². The number of aromatic nitrogens is 2. The Bertz CT molecular complexity index is 707. The molecule has 2 aromatic rings. The van der Waals surface area contributed by atoms with E-state index in [-0.39, 0.29) is 5.91 Å². The number of carbonyl (C=O) groups is 1. The molecule has 1 fully saturated rings. The topological polar surface area (TPSA) is 50.2 Å². The van der Waals surface area contributed by atoms with E-state index in [0.717, 1.165) is 31.8 Å². The Morgan fingerprint density at radius 3 is 2.88 bits per heavy atom. The predicted molar refractivity (Wildman–Crippen MR) is 107 cm³/mol. The molecule has 5 nitrogen and oxygen atoms in total. The number of hydrogen-bond donors (Lipinski definition) is 1. The smallest absolute Gasteiger partial charge is 0.244 e. The van der Waals surface area contributed by atoms with E-state index < -0.39 is 0 Å². The fraction of sp³-hybridized carbons (Fsp3) is 0.500. The SMILES string of the molecule is Cc1ccc(SCCN(C)C(=O)Cn2nccc2[C@@H]2CCCNC2)cc1. The molecule has 0 radical (unpaired) electrons. The molecule has 1 aliphatic heterocycles. The van der Waals surface area contributed by atoms with Crippen LogP contribution in [0.2, 0.25) is 0 Å². The van der Waals surface area contributed by atoms with Gasteiger partial charge in [-0.25, -0.2) is 0 Å². The highest BCUT2D eigenvalue weighted by molar-refractivity contribution is 7.99. The van der Waals surface area contributed by atoms with Crippen LogP contribution in [-0.4, -0.2) is 53.0 Å². The maximum Gasteiger partial charge on any atom is 0.244 e. The summed E-state index contributed by atoms with van der Waals surface area (Å²) in [7, 11) is 1.88. The Morgan fingerprint density at radius 2 is 2.15 bits per heavy atom. The zero-order chi connectivity index (χ0) is 18.4. The van der Waals surface area contributed by atoms with Gasteiger partial charge in [0.2, 0.25) is 5.91 Å². The summed E-state index contributed by atoms with van der Waals surface area (Å²) in [6.45, 7) is 5.21. The third kappa shape index (κ3) is 5.11. The summed E-state index contributed by atoms with van der Waals surface area (Å²) < 4.78 is 1.88. The van der Waals surface area contributed by atoms with Crippen LogP contribution >= 0.6 is 11.8 Å². The molecule has 1 atom stereocenters. The zero-order valence-corrected chi connectivity index (χ0v) is 16.5. The van der Waals surface area contributed by atoms with Crippen LogP contribution in [0.15, 0.2) is 41.4 Å². The van der Waals surface area contributed by atoms with E-state index in [2.05, 4.69) is 47.7 Å². The van der Waals surface area contributed by atoms with E-state index in [9.17, 15) is 4.79 Å². The molecular weight excluding hydrogens is 344 g/mol. The van der Waals surface area contributed by atoms with Crippen molar-refractivity contribution in [2.75, 3.05) is 32.4 Å². The highest BCUT2D eigenvalue weighted by Gasteiger charge is 2.20. The summed E-state index contributed by atoms with van der Waals surface area (Å²) in [4.78, 5) is 15.6. The average molecular weight is 373 g/mol. The molecule has 6 heteroatoms. The van der Waals surface area contributed by atoms with E-state index in [1.165, 1.54) is 22.6 Å². The Hall–Kier alpha value is -1.79. The van der Waals surface area contributed by atoms with E-state index in [1.807, 2.05) is 22.8 Å². The number of likely N-dealkylation sites (N-methyl/N-ethyl adjacent to an activating group) is 1. The van der Waals surface area contributed by atoms with Gasteiger partial charge in [0.25, 0.3) is 0 Å². The van der Waals surface area contributed by atoms with Crippen LogP contribution in [0, 0.1) is 6.92 Å². The summed E-state index contributed by atoms with van der Waals surface area (Å²) in [5.41, 5.74) is 2.44. The maximum atomic E-state index is 12.6. The Labute approximate surface area is 160 Å². The molecule has 1 N–H and O–H groups in total. The van der Waals surface area contributed by atoms with Gasteiger partial charge in [-0.2, -0.15) is 5.10 Å². The highest BCUT2D eigenvalue weighted by Crippen LogP contribution is 2.23. The quantitative estimate of drug-likeness (QED) is 0.760. The van der Waals surface area contributed by atoms with Crippen molar-refractivity contribution < 1.29 is 4.79 Å². The predicted octanol–water partition coefficient (Wildman–Crippen LogP) is 2.91. The number of carbonyl (C=O) groups excluding carboxylic acids is 1. The van der Waals surface area contributed by atoms with Crippen LogP contribution in [0.1, 0.15) is 30.0 Å². The molecule has 1 aromatic carbocycles. The lowest BCUT2D eigenvalue weighted by atomic mass is 9.96. The molecule has 26 heavy (non-hydrogen) atoms. The second-order valence-electron chi connectivity index (χ2n) is 6.93. The Morgan fingerprint density at radius 1 is 1.35 bits per heavy atom. The fourth-order valence-corrected chi connectivity index (χ4v) is 4.16. The first-order valence-electron chi connectivity index (χ1n) is 9.29. The number of nitrogens with zero attached hydrogens (tertiary/aromatic N) is 3. The van der Waals surface area contributed by atoms with E-state index in [1.54, 1.807) is 11.8 Å². The standard InChI is InChI=1S/C20H28N4OS/c1-16-5-7-18(8-6-16)26-13-12-23(2)20(25)15-24-19(9-11-22-24)17-4-3-10-21-14-17/h5-9,11,17,21H,3-4,10,12-15H2,1-2H3/t17-/m1/s1. The molecule has 0 bridgehead atoms. The molecular formula is C20H28N4OS. The van der Waals surface area contributed by atoms with Gasteiger partial charge in [-0.15, -0.1) is 11.8 Å². The molecule has 1 aromatic heterocycles. The van der Waals surface area contributed by atoms with Gasteiger partial charge in [0.05, 0.1) is 0 Å². The van der Waals surface area contributed by atoms with Crippen molar-refractivity contribution in [2.45, 2.75) is 37.1 Å². The largest absolute Gasteiger partial charge is 0.343 e. The van der Waals surface area contributed by atoms with Crippen molar-refractivity contribution in [3.63, 3.8) is 0 Å². The van der Waals surface area contributed by atoms with Crippen LogP contribution in [-0.2, 0) is 11.3 Å². The first-order chi connectivity index (χ1) is 12.6. The van der Waals surface area contributed by atoms with Gasteiger partial charge in [-0.1, -0.05) is 17.7 Å². The first kappa shape index (κ1) is 19.0. The molecule has 0 aliphatic carbocycles. The first-order valence-corrected chi connectivity index (χ1v) is 10.3. The van der Waals surface area contributed by atoms with Crippen LogP contribution in [0.5, 0.6) is 0 Å².